The Bertz CT molecular complexity index is 866. The van der Waals surface area contributed by atoms with Gasteiger partial charge in [-0.05, 0) is 43.0 Å². The summed E-state index contributed by atoms with van der Waals surface area (Å²) >= 11 is 6.08. The van der Waals surface area contributed by atoms with Crippen LogP contribution in [0.25, 0.3) is 11.3 Å². The second-order valence-electron chi connectivity index (χ2n) is 7.29. The van der Waals surface area contributed by atoms with E-state index in [4.69, 9.17) is 11.6 Å². The fraction of sp³-hybridized carbons (Fsp3) is 0.381. The summed E-state index contributed by atoms with van der Waals surface area (Å²) in [4.78, 5) is 30.8. The first kappa shape index (κ1) is 19.4. The van der Waals surface area contributed by atoms with Gasteiger partial charge < -0.3 is 10.0 Å². The van der Waals surface area contributed by atoms with E-state index < -0.39 is 5.97 Å². The molecular formula is C21H23ClN2O3. The second-order valence-corrected chi connectivity index (χ2v) is 7.73. The van der Waals surface area contributed by atoms with Gasteiger partial charge in [-0.3, -0.25) is 4.79 Å². The summed E-state index contributed by atoms with van der Waals surface area (Å²) in [6, 6.07) is 10.2. The molecule has 27 heavy (non-hydrogen) atoms. The minimum Gasteiger partial charge on any atom is -0.478 e. The lowest BCUT2D eigenvalue weighted by atomic mass is 10.0. The van der Waals surface area contributed by atoms with E-state index in [2.05, 4.69) is 4.98 Å². The number of nitrogens with zero attached hydrogens (tertiary/aromatic N) is 2. The number of aromatic carboxylic acids is 1. The van der Waals surface area contributed by atoms with Crippen molar-refractivity contribution < 1.29 is 14.7 Å². The molecule has 1 aromatic carbocycles. The summed E-state index contributed by atoms with van der Waals surface area (Å²) in [5.74, 6) is -0.618. The lowest BCUT2D eigenvalue weighted by molar-refractivity contribution is -0.133. The summed E-state index contributed by atoms with van der Waals surface area (Å²) in [5.41, 5.74) is 1.88. The number of carboxylic acids is 1. The molecule has 0 spiro atoms. The zero-order valence-corrected chi connectivity index (χ0v) is 16.2. The molecule has 0 unspecified atom stereocenters. The highest BCUT2D eigenvalue weighted by Gasteiger charge is 2.31. The third-order valence-electron chi connectivity index (χ3n) is 4.74. The molecule has 1 N–H and O–H groups in total. The van der Waals surface area contributed by atoms with Crippen LogP contribution in [-0.2, 0) is 4.79 Å². The number of carbonyl (C=O) groups is 2. The Morgan fingerprint density at radius 1 is 1.30 bits per heavy atom. The first-order valence-electron chi connectivity index (χ1n) is 9.16. The van der Waals surface area contributed by atoms with Crippen molar-refractivity contribution in [1.29, 1.82) is 0 Å². The number of halogens is 1. The van der Waals surface area contributed by atoms with Crippen LogP contribution in [0, 0.1) is 5.92 Å². The highest BCUT2D eigenvalue weighted by Crippen LogP contribution is 2.34. The van der Waals surface area contributed by atoms with Gasteiger partial charge >= 0.3 is 5.97 Å². The molecule has 6 heteroatoms. The average molecular weight is 387 g/mol. The van der Waals surface area contributed by atoms with Crippen molar-refractivity contribution in [2.75, 3.05) is 6.54 Å². The van der Waals surface area contributed by atoms with E-state index in [1.54, 1.807) is 36.4 Å². The SMILES string of the molecule is CC(C)CC(=O)N1CCC[C@@H]1c1ccc(C(=O)O)c(-c2cccc(Cl)c2)n1. The van der Waals surface area contributed by atoms with Crippen molar-refractivity contribution in [1.82, 2.24) is 9.88 Å². The predicted octanol–water partition coefficient (Wildman–Crippen LogP) is 4.81. The molecule has 1 fully saturated rings. The van der Waals surface area contributed by atoms with E-state index in [1.165, 1.54) is 0 Å². The Morgan fingerprint density at radius 2 is 2.07 bits per heavy atom. The lowest BCUT2D eigenvalue weighted by Gasteiger charge is -2.25. The normalized spacial score (nSPS) is 16.7. The molecular weight excluding hydrogens is 364 g/mol. The van der Waals surface area contributed by atoms with Crippen LogP contribution in [0.4, 0.5) is 0 Å². The molecule has 142 valence electrons. The van der Waals surface area contributed by atoms with Crippen molar-refractivity contribution in [3.8, 4) is 11.3 Å². The van der Waals surface area contributed by atoms with E-state index in [1.807, 2.05) is 18.7 Å². The molecule has 1 atom stereocenters. The van der Waals surface area contributed by atoms with Crippen LogP contribution in [-0.4, -0.2) is 33.4 Å². The van der Waals surface area contributed by atoms with Crippen molar-refractivity contribution >= 4 is 23.5 Å². The molecule has 1 saturated heterocycles. The standard InChI is InChI=1S/C21H23ClN2O3/c1-13(2)11-19(25)24-10-4-7-18(24)17-9-8-16(21(26)27)20(23-17)14-5-3-6-15(22)12-14/h3,5-6,8-9,12-13,18H,4,7,10-11H2,1-2H3,(H,26,27)/t18-/m1/s1. The molecule has 3 rings (SSSR count). The maximum atomic E-state index is 12.6. The van der Waals surface area contributed by atoms with Gasteiger partial charge in [-0.2, -0.15) is 0 Å². The van der Waals surface area contributed by atoms with Gasteiger partial charge in [0.1, 0.15) is 0 Å². The summed E-state index contributed by atoms with van der Waals surface area (Å²) in [6.07, 6.45) is 2.26. The molecule has 1 aliphatic rings. The second kappa shape index (κ2) is 8.09. The van der Waals surface area contributed by atoms with Crippen LogP contribution < -0.4 is 0 Å². The van der Waals surface area contributed by atoms with Gasteiger partial charge in [-0.25, -0.2) is 9.78 Å². The Morgan fingerprint density at radius 3 is 2.74 bits per heavy atom. The van der Waals surface area contributed by atoms with Crippen LogP contribution in [0.2, 0.25) is 5.02 Å². The predicted molar refractivity (Wildman–Crippen MR) is 105 cm³/mol. The molecule has 1 aliphatic heterocycles. The number of hydrogen-bond donors (Lipinski definition) is 1. The molecule has 0 bridgehead atoms. The minimum absolute atomic E-state index is 0.114. The number of carboxylic acid groups (broad SMARTS) is 1. The molecule has 0 aliphatic carbocycles. The number of hydrogen-bond acceptors (Lipinski definition) is 3. The summed E-state index contributed by atoms with van der Waals surface area (Å²) in [6.45, 7) is 4.77. The lowest BCUT2D eigenvalue weighted by Crippen LogP contribution is -2.31. The highest BCUT2D eigenvalue weighted by molar-refractivity contribution is 6.30. The van der Waals surface area contributed by atoms with Crippen molar-refractivity contribution in [3.05, 3.63) is 52.7 Å². The fourth-order valence-corrected chi connectivity index (χ4v) is 3.72. The molecule has 5 nitrogen and oxygen atoms in total. The van der Waals surface area contributed by atoms with Gasteiger partial charge in [0.15, 0.2) is 0 Å². The summed E-state index contributed by atoms with van der Waals surface area (Å²) in [5, 5.41) is 10.1. The monoisotopic (exact) mass is 386 g/mol. The topological polar surface area (TPSA) is 70.5 Å². The number of amides is 1. The Kier molecular flexibility index (Phi) is 5.80. The third kappa shape index (κ3) is 4.30. The number of carbonyl (C=O) groups excluding carboxylic acids is 1. The van der Waals surface area contributed by atoms with Crippen LogP contribution in [0.3, 0.4) is 0 Å². The first-order valence-corrected chi connectivity index (χ1v) is 9.54. The van der Waals surface area contributed by atoms with Crippen LogP contribution in [0.15, 0.2) is 36.4 Å². The van der Waals surface area contributed by atoms with Crippen molar-refractivity contribution in [2.24, 2.45) is 5.92 Å². The van der Waals surface area contributed by atoms with Gasteiger partial charge in [0.25, 0.3) is 0 Å². The minimum atomic E-state index is -1.04. The quantitative estimate of drug-likeness (QED) is 0.800. The van der Waals surface area contributed by atoms with E-state index >= 15 is 0 Å². The van der Waals surface area contributed by atoms with Gasteiger partial charge in [0.2, 0.25) is 5.91 Å². The van der Waals surface area contributed by atoms with Crippen molar-refractivity contribution in [3.63, 3.8) is 0 Å². The first-order chi connectivity index (χ1) is 12.9. The number of likely N-dealkylation sites (tertiary alicyclic amines) is 1. The number of aromatic nitrogens is 1. The van der Waals surface area contributed by atoms with Crippen LogP contribution in [0.5, 0.6) is 0 Å². The van der Waals surface area contributed by atoms with E-state index in [9.17, 15) is 14.7 Å². The van der Waals surface area contributed by atoms with E-state index in [0.29, 0.717) is 35.2 Å². The molecule has 1 aromatic heterocycles. The summed E-state index contributed by atoms with van der Waals surface area (Å²) < 4.78 is 0. The largest absolute Gasteiger partial charge is 0.478 e. The molecule has 2 aromatic rings. The molecule has 0 radical (unpaired) electrons. The maximum Gasteiger partial charge on any atom is 0.337 e. The number of pyridine rings is 1. The Labute approximate surface area is 164 Å². The molecule has 2 heterocycles. The molecule has 1 amide bonds. The zero-order chi connectivity index (χ0) is 19.6. The molecule has 0 saturated carbocycles. The maximum absolute atomic E-state index is 12.6. The van der Waals surface area contributed by atoms with E-state index in [0.717, 1.165) is 18.5 Å². The third-order valence-corrected chi connectivity index (χ3v) is 4.98. The van der Waals surface area contributed by atoms with Crippen LogP contribution >= 0.6 is 11.6 Å². The van der Waals surface area contributed by atoms with Gasteiger partial charge in [0, 0.05) is 23.6 Å². The van der Waals surface area contributed by atoms with E-state index in [-0.39, 0.29) is 17.5 Å². The zero-order valence-electron chi connectivity index (χ0n) is 15.5. The highest BCUT2D eigenvalue weighted by atomic mass is 35.5. The van der Waals surface area contributed by atoms with Gasteiger partial charge in [-0.15, -0.1) is 0 Å². The Hall–Kier alpha value is -2.40. The van der Waals surface area contributed by atoms with Crippen LogP contribution in [0.1, 0.15) is 55.2 Å². The van der Waals surface area contributed by atoms with Gasteiger partial charge in [-0.1, -0.05) is 37.6 Å². The Balaban J connectivity index is 2.00. The smallest absolute Gasteiger partial charge is 0.337 e. The average Bonchev–Trinajstić information content (AvgIpc) is 3.10. The fourth-order valence-electron chi connectivity index (χ4n) is 3.53. The van der Waals surface area contributed by atoms with Crippen molar-refractivity contribution in [2.45, 2.75) is 39.2 Å². The number of rotatable bonds is 5. The summed E-state index contributed by atoms with van der Waals surface area (Å²) in [7, 11) is 0. The van der Waals surface area contributed by atoms with Gasteiger partial charge in [0.05, 0.1) is 23.0 Å². The number of benzene rings is 1.